The summed E-state index contributed by atoms with van der Waals surface area (Å²) in [6.45, 7) is 3.44. The van der Waals surface area contributed by atoms with Crippen LogP contribution in [0, 0.1) is 41.0 Å². The highest BCUT2D eigenvalue weighted by atomic mass is 127. The fourth-order valence-corrected chi connectivity index (χ4v) is 9.07. The molecule has 3 fully saturated rings. The SMILES string of the molecule is Cc1cc(C2C3=CCC4C(=O)N(c5ccc(I)cc5)C(=O)C4C3CC3(Cl)C(=O)N(c4ccc(F)cc4)C(=O)C23Cl)cc(C)c1O. The van der Waals surface area contributed by atoms with Gasteiger partial charge in [-0.1, -0.05) is 23.8 Å². The molecule has 3 aromatic rings. The topological polar surface area (TPSA) is 95.0 Å². The highest BCUT2D eigenvalue weighted by molar-refractivity contribution is 14.1. The van der Waals surface area contributed by atoms with Gasteiger partial charge in [0.1, 0.15) is 11.6 Å². The number of amides is 4. The van der Waals surface area contributed by atoms with Crippen molar-refractivity contribution in [2.45, 2.75) is 42.4 Å². The molecule has 1 N–H and O–H groups in total. The zero-order chi connectivity index (χ0) is 32.2. The largest absolute Gasteiger partial charge is 0.507 e. The third-order valence-corrected chi connectivity index (χ3v) is 12.0. The van der Waals surface area contributed by atoms with Gasteiger partial charge in [-0.3, -0.25) is 24.1 Å². The lowest BCUT2D eigenvalue weighted by molar-refractivity contribution is -0.125. The molecule has 11 heteroatoms. The number of carbonyl (C=O) groups excluding carboxylic acids is 4. The van der Waals surface area contributed by atoms with E-state index in [-0.39, 0.29) is 30.2 Å². The molecule has 3 aromatic carbocycles. The zero-order valence-electron chi connectivity index (χ0n) is 24.1. The molecule has 4 aliphatic rings. The van der Waals surface area contributed by atoms with Gasteiger partial charge in [0.05, 0.1) is 23.2 Å². The van der Waals surface area contributed by atoms with Crippen LogP contribution in [-0.4, -0.2) is 38.5 Å². The summed E-state index contributed by atoms with van der Waals surface area (Å²) in [6, 6.07) is 15.4. The Balaban J connectivity index is 1.41. The summed E-state index contributed by atoms with van der Waals surface area (Å²) in [5, 5.41) is 10.6. The molecule has 2 heterocycles. The van der Waals surface area contributed by atoms with Gasteiger partial charge in [0.2, 0.25) is 11.8 Å². The Kier molecular flexibility index (Phi) is 7.00. The van der Waals surface area contributed by atoms with E-state index in [0.717, 1.165) is 20.6 Å². The molecule has 7 rings (SSSR count). The fraction of sp³-hybridized carbons (Fsp3) is 0.294. The molecule has 0 aromatic heterocycles. The molecule has 2 aliphatic heterocycles. The van der Waals surface area contributed by atoms with Crippen LogP contribution in [0.4, 0.5) is 15.8 Å². The average molecular weight is 759 g/mol. The average Bonchev–Trinajstić information content (AvgIpc) is 3.34. The van der Waals surface area contributed by atoms with E-state index < -0.39 is 57.0 Å². The summed E-state index contributed by atoms with van der Waals surface area (Å²) < 4.78 is 14.8. The molecule has 1 saturated carbocycles. The minimum absolute atomic E-state index is 0.0797. The monoisotopic (exact) mass is 758 g/mol. The molecule has 0 spiro atoms. The molecule has 2 saturated heterocycles. The Morgan fingerprint density at radius 2 is 1.42 bits per heavy atom. The van der Waals surface area contributed by atoms with Crippen molar-refractivity contribution >= 4 is 80.8 Å². The molecule has 7 nitrogen and oxygen atoms in total. The van der Waals surface area contributed by atoms with Gasteiger partial charge in [-0.15, -0.1) is 23.2 Å². The molecular formula is C34H26Cl2FIN2O5. The molecule has 230 valence electrons. The Hall–Kier alpha value is -3.28. The van der Waals surface area contributed by atoms with Crippen LogP contribution in [-0.2, 0) is 19.2 Å². The Morgan fingerprint density at radius 3 is 2.04 bits per heavy atom. The van der Waals surface area contributed by atoms with Crippen LogP contribution in [0.5, 0.6) is 5.75 Å². The van der Waals surface area contributed by atoms with Crippen LogP contribution in [0.3, 0.4) is 0 Å². The number of rotatable bonds is 3. The van der Waals surface area contributed by atoms with E-state index in [1.807, 2.05) is 18.2 Å². The van der Waals surface area contributed by atoms with E-state index in [9.17, 15) is 28.7 Å². The Bertz CT molecular complexity index is 1840. The van der Waals surface area contributed by atoms with Crippen LogP contribution in [0.1, 0.15) is 35.4 Å². The highest BCUT2D eigenvalue weighted by Gasteiger charge is 2.76. The number of anilines is 2. The fourth-order valence-electron chi connectivity index (χ4n) is 7.77. The summed E-state index contributed by atoms with van der Waals surface area (Å²) in [5.74, 6) is -5.92. The molecule has 0 radical (unpaired) electrons. The number of allylic oxidation sites excluding steroid dienone is 2. The first kappa shape index (κ1) is 30.4. The predicted octanol–water partition coefficient (Wildman–Crippen LogP) is 6.52. The number of phenolic OH excluding ortho intramolecular Hbond substituents is 1. The van der Waals surface area contributed by atoms with Crippen molar-refractivity contribution in [1.82, 2.24) is 0 Å². The van der Waals surface area contributed by atoms with Gasteiger partial charge in [0.15, 0.2) is 9.75 Å². The van der Waals surface area contributed by atoms with Gasteiger partial charge in [-0.2, -0.15) is 0 Å². The number of carbonyl (C=O) groups is 4. The van der Waals surface area contributed by atoms with Crippen molar-refractivity contribution in [2.75, 3.05) is 9.80 Å². The van der Waals surface area contributed by atoms with Gasteiger partial charge in [0.25, 0.3) is 11.8 Å². The maximum absolute atomic E-state index is 14.5. The van der Waals surface area contributed by atoms with Crippen LogP contribution in [0.2, 0.25) is 0 Å². The third kappa shape index (κ3) is 4.12. The Morgan fingerprint density at radius 1 is 0.844 bits per heavy atom. The minimum Gasteiger partial charge on any atom is -0.507 e. The van der Waals surface area contributed by atoms with Crippen molar-refractivity contribution < 1.29 is 28.7 Å². The minimum atomic E-state index is -2.04. The summed E-state index contributed by atoms with van der Waals surface area (Å²) in [6.07, 6.45) is 1.94. The molecular weight excluding hydrogens is 733 g/mol. The number of halogens is 4. The molecule has 6 unspecified atom stereocenters. The second kappa shape index (κ2) is 10.4. The molecule has 45 heavy (non-hydrogen) atoms. The number of aromatic hydroxyl groups is 1. The first-order chi connectivity index (χ1) is 21.3. The first-order valence-electron chi connectivity index (χ1n) is 14.5. The van der Waals surface area contributed by atoms with Gasteiger partial charge in [-0.05, 0) is 120 Å². The number of hydrogen-bond acceptors (Lipinski definition) is 5. The van der Waals surface area contributed by atoms with E-state index in [0.29, 0.717) is 28.0 Å². The predicted molar refractivity (Wildman–Crippen MR) is 176 cm³/mol. The molecule has 2 aliphatic carbocycles. The standard InChI is InChI=1S/C34H26Cl2FIN2O5/c1-16-13-18(14-17(2)28(16)41)27-23-11-12-24-26(30(43)39(29(24)42)21-9-5-20(38)6-10-21)25(23)15-33(35)31(44)40(32(45)34(27,33)36)22-7-3-19(37)4-8-22/h3-11,13-14,24-27,41H,12,15H2,1-2H3. The number of alkyl halides is 2. The third-order valence-electron chi connectivity index (χ3n) is 9.83. The number of fused-ring (bicyclic) bond motifs is 4. The summed E-state index contributed by atoms with van der Waals surface area (Å²) in [7, 11) is 0. The lowest BCUT2D eigenvalue weighted by Gasteiger charge is -2.50. The van der Waals surface area contributed by atoms with Crippen LogP contribution < -0.4 is 9.80 Å². The summed E-state index contributed by atoms with van der Waals surface area (Å²) >= 11 is 17.0. The van der Waals surface area contributed by atoms with Crippen molar-refractivity contribution in [1.29, 1.82) is 0 Å². The van der Waals surface area contributed by atoms with Gasteiger partial charge in [-0.25, -0.2) is 9.29 Å². The quantitative estimate of drug-likeness (QED) is 0.142. The van der Waals surface area contributed by atoms with Gasteiger partial charge in [0, 0.05) is 9.49 Å². The highest BCUT2D eigenvalue weighted by Crippen LogP contribution is 2.66. The lowest BCUT2D eigenvalue weighted by atomic mass is 9.56. The lowest BCUT2D eigenvalue weighted by Crippen LogP contribution is -2.60. The maximum Gasteiger partial charge on any atom is 0.258 e. The van der Waals surface area contributed by atoms with E-state index in [1.54, 1.807) is 38.1 Å². The molecule has 0 bridgehead atoms. The number of imide groups is 2. The van der Waals surface area contributed by atoms with E-state index in [1.165, 1.54) is 17.0 Å². The maximum atomic E-state index is 14.5. The van der Waals surface area contributed by atoms with Crippen molar-refractivity contribution in [3.63, 3.8) is 0 Å². The van der Waals surface area contributed by atoms with Gasteiger partial charge < -0.3 is 5.11 Å². The normalized spacial score (nSPS) is 30.8. The second-order valence-electron chi connectivity index (χ2n) is 12.2. The van der Waals surface area contributed by atoms with Crippen LogP contribution in [0.25, 0.3) is 0 Å². The first-order valence-corrected chi connectivity index (χ1v) is 16.3. The molecule has 4 amide bonds. The Labute approximate surface area is 282 Å². The number of phenols is 1. The van der Waals surface area contributed by atoms with Crippen molar-refractivity contribution in [2.24, 2.45) is 17.8 Å². The smallest absolute Gasteiger partial charge is 0.258 e. The number of aryl methyl sites for hydroxylation is 2. The van der Waals surface area contributed by atoms with E-state index >= 15 is 0 Å². The molecule has 6 atom stereocenters. The number of benzene rings is 3. The zero-order valence-corrected chi connectivity index (χ0v) is 27.7. The number of nitrogens with zero attached hydrogens (tertiary/aromatic N) is 2. The van der Waals surface area contributed by atoms with Gasteiger partial charge >= 0.3 is 0 Å². The summed E-state index contributed by atoms with van der Waals surface area (Å²) in [4.78, 5) is 54.8. The summed E-state index contributed by atoms with van der Waals surface area (Å²) in [5.41, 5.74) is 2.84. The van der Waals surface area contributed by atoms with Crippen LogP contribution >= 0.6 is 45.8 Å². The van der Waals surface area contributed by atoms with Crippen molar-refractivity contribution in [3.05, 3.63) is 98.4 Å². The number of hydrogen-bond donors (Lipinski definition) is 1. The second-order valence-corrected chi connectivity index (χ2v) is 14.7. The van der Waals surface area contributed by atoms with E-state index in [4.69, 9.17) is 23.2 Å². The van der Waals surface area contributed by atoms with Crippen molar-refractivity contribution in [3.8, 4) is 5.75 Å². The van der Waals surface area contributed by atoms with Crippen LogP contribution in [0.15, 0.2) is 72.3 Å². The van der Waals surface area contributed by atoms with E-state index in [2.05, 4.69) is 22.6 Å².